The van der Waals surface area contributed by atoms with Crippen LogP contribution in [0.5, 0.6) is 23.0 Å². The lowest BCUT2D eigenvalue weighted by molar-refractivity contribution is -0.115. The second-order valence-corrected chi connectivity index (χ2v) is 13.4. The first-order chi connectivity index (χ1) is 19.2. The van der Waals surface area contributed by atoms with E-state index in [9.17, 15) is 23.4 Å². The molecule has 2 aromatic carbocycles. The number of fused-ring (bicyclic) bond motifs is 2. The highest BCUT2D eigenvalue weighted by molar-refractivity contribution is 8.14. The topological polar surface area (TPSA) is 122 Å². The molecule has 0 aromatic heterocycles. The van der Waals surface area contributed by atoms with Gasteiger partial charge in [0.25, 0.3) is 0 Å². The fourth-order valence-electron chi connectivity index (χ4n) is 4.40. The van der Waals surface area contributed by atoms with Gasteiger partial charge in [0.05, 0.1) is 0 Å². The van der Waals surface area contributed by atoms with E-state index >= 15 is 0 Å². The van der Waals surface area contributed by atoms with Crippen LogP contribution in [0.2, 0.25) is 0 Å². The van der Waals surface area contributed by atoms with E-state index in [2.05, 4.69) is 0 Å². The third kappa shape index (κ3) is 8.58. The number of ether oxygens (including phenoxy) is 4. The van der Waals surface area contributed by atoms with E-state index in [0.717, 1.165) is 34.7 Å². The summed E-state index contributed by atoms with van der Waals surface area (Å²) in [7, 11) is -2.35. The van der Waals surface area contributed by atoms with Crippen LogP contribution in [0.4, 0.5) is 0 Å². The average molecular weight is 607 g/mol. The molecular formula is C28H30O9S3. The Labute approximate surface area is 243 Å². The smallest absolute Gasteiger partial charge is 0.231 e. The minimum absolute atomic E-state index is 0.0883. The van der Waals surface area contributed by atoms with E-state index in [1.165, 1.54) is 13.8 Å². The first kappa shape index (κ1) is 30.1. The van der Waals surface area contributed by atoms with Crippen molar-refractivity contribution in [2.75, 3.05) is 25.1 Å². The predicted octanol–water partition coefficient (Wildman–Crippen LogP) is 4.30. The summed E-state index contributed by atoms with van der Waals surface area (Å²) in [6.45, 7) is 3.18. The zero-order valence-corrected chi connectivity index (χ0v) is 24.6. The summed E-state index contributed by atoms with van der Waals surface area (Å²) < 4.78 is 34.5. The highest BCUT2D eigenvalue weighted by Gasteiger charge is 2.28. The predicted molar refractivity (Wildman–Crippen MR) is 153 cm³/mol. The zero-order valence-electron chi connectivity index (χ0n) is 22.2. The van der Waals surface area contributed by atoms with Crippen molar-refractivity contribution in [2.24, 2.45) is 11.8 Å². The fraction of sp³-hybridized carbons (Fsp3) is 0.429. The third-order valence-electron chi connectivity index (χ3n) is 6.29. The molecule has 2 heterocycles. The van der Waals surface area contributed by atoms with E-state index in [1.54, 1.807) is 12.1 Å². The van der Waals surface area contributed by atoms with Crippen LogP contribution < -0.4 is 18.9 Å². The molecule has 2 aliphatic rings. The van der Waals surface area contributed by atoms with Crippen molar-refractivity contribution in [3.8, 4) is 23.0 Å². The average Bonchev–Trinajstić information content (AvgIpc) is 3.58. The first-order valence-electron chi connectivity index (χ1n) is 12.7. The van der Waals surface area contributed by atoms with Gasteiger partial charge in [-0.05, 0) is 60.1 Å². The molecule has 0 amide bonds. The fourth-order valence-corrected chi connectivity index (χ4v) is 6.84. The van der Waals surface area contributed by atoms with Gasteiger partial charge in [0.2, 0.25) is 23.8 Å². The minimum atomic E-state index is -2.35. The lowest BCUT2D eigenvalue weighted by atomic mass is 9.98. The normalized spacial score (nSPS) is 15.3. The molecule has 40 heavy (non-hydrogen) atoms. The van der Waals surface area contributed by atoms with Gasteiger partial charge in [0.15, 0.2) is 44.0 Å². The third-order valence-corrected chi connectivity index (χ3v) is 9.54. The van der Waals surface area contributed by atoms with E-state index in [-0.39, 0.29) is 48.5 Å². The quantitative estimate of drug-likeness (QED) is 0.344. The molecule has 0 spiro atoms. The number of thioether (sulfide) groups is 2. The Balaban J connectivity index is 1.39. The summed E-state index contributed by atoms with van der Waals surface area (Å²) >= 11 is 2.18. The monoisotopic (exact) mass is 606 g/mol. The van der Waals surface area contributed by atoms with E-state index in [1.807, 2.05) is 24.3 Å². The second-order valence-electron chi connectivity index (χ2n) is 9.54. The molecule has 0 N–H and O–H groups in total. The van der Waals surface area contributed by atoms with Crippen LogP contribution in [-0.2, 0) is 42.8 Å². The Hall–Kier alpha value is -2.83. The summed E-state index contributed by atoms with van der Waals surface area (Å²) in [6, 6.07) is 10.9. The molecule has 4 rings (SSSR count). The molecule has 2 aromatic rings. The maximum Gasteiger partial charge on any atom is 0.231 e. The van der Waals surface area contributed by atoms with Crippen LogP contribution in [0.25, 0.3) is 0 Å². The second kappa shape index (κ2) is 14.2. The lowest BCUT2D eigenvalue weighted by Gasteiger charge is -2.17. The van der Waals surface area contributed by atoms with Gasteiger partial charge in [-0.2, -0.15) is 0 Å². The van der Waals surface area contributed by atoms with Crippen molar-refractivity contribution in [1.29, 1.82) is 0 Å². The molecule has 214 valence electrons. The molecule has 0 saturated heterocycles. The van der Waals surface area contributed by atoms with Crippen molar-refractivity contribution in [1.82, 2.24) is 0 Å². The molecule has 2 unspecified atom stereocenters. The molecule has 12 heteroatoms. The largest absolute Gasteiger partial charge is 0.454 e. The maximum atomic E-state index is 13.0. The van der Waals surface area contributed by atoms with Gasteiger partial charge in [-0.1, -0.05) is 35.7 Å². The van der Waals surface area contributed by atoms with E-state index in [0.29, 0.717) is 47.3 Å². The number of carbonyl (C=O) groups is 4. The molecule has 2 aliphatic heterocycles. The van der Waals surface area contributed by atoms with Crippen LogP contribution in [-0.4, -0.2) is 49.8 Å². The van der Waals surface area contributed by atoms with E-state index in [4.69, 9.17) is 18.9 Å². The van der Waals surface area contributed by atoms with Crippen molar-refractivity contribution < 1.29 is 42.3 Å². The van der Waals surface area contributed by atoms with E-state index < -0.39 is 21.0 Å². The first-order valence-corrected chi connectivity index (χ1v) is 15.8. The van der Waals surface area contributed by atoms with Gasteiger partial charge in [-0.25, -0.2) is 4.21 Å². The van der Waals surface area contributed by atoms with Gasteiger partial charge in [0, 0.05) is 38.2 Å². The van der Waals surface area contributed by atoms with Crippen molar-refractivity contribution in [3.05, 3.63) is 47.5 Å². The van der Waals surface area contributed by atoms with Crippen molar-refractivity contribution in [2.45, 2.75) is 39.5 Å². The maximum absolute atomic E-state index is 13.0. The van der Waals surface area contributed by atoms with Crippen LogP contribution in [0.3, 0.4) is 0 Å². The summed E-state index contributed by atoms with van der Waals surface area (Å²) in [6.07, 6.45) is 0.663. The zero-order chi connectivity index (χ0) is 28.6. The van der Waals surface area contributed by atoms with Gasteiger partial charge >= 0.3 is 0 Å². The number of benzene rings is 2. The Bertz CT molecular complexity index is 1210. The molecule has 2 atom stereocenters. The van der Waals surface area contributed by atoms with Gasteiger partial charge in [-0.15, -0.1) is 0 Å². The lowest BCUT2D eigenvalue weighted by Crippen LogP contribution is -2.25. The minimum Gasteiger partial charge on any atom is -0.454 e. The SMILES string of the molecule is CC(=O)SCC(CC(=O)S(=O)C(=O)CC(CSC(C)=O)Cc1ccc2c(c1)OCO2)Cc1ccc2c(c1)OCO2. The number of carbonyl (C=O) groups excluding carboxylic acids is 4. The van der Waals surface area contributed by atoms with Crippen molar-refractivity contribution >= 4 is 54.8 Å². The van der Waals surface area contributed by atoms with Crippen LogP contribution in [0, 0.1) is 11.8 Å². The molecule has 0 fully saturated rings. The molecule has 0 saturated carbocycles. The highest BCUT2D eigenvalue weighted by atomic mass is 32.2. The standard InChI is InChI=1S/C28H30O9S3/c1-17(29)38-13-21(7-19-3-5-23-25(9-19)36-15-34-23)11-27(31)40(33)28(32)12-22(14-39-18(2)30)8-20-4-6-24-26(10-20)37-16-35-24/h3-6,9-10,21-22H,7-8,11-16H2,1-2H3. The summed E-state index contributed by atoms with van der Waals surface area (Å²) in [5.41, 5.74) is 1.77. The van der Waals surface area contributed by atoms with Gasteiger partial charge < -0.3 is 18.9 Å². The molecule has 0 radical (unpaired) electrons. The highest BCUT2D eigenvalue weighted by Crippen LogP contribution is 2.35. The molecule has 0 aliphatic carbocycles. The Morgan fingerprint density at radius 3 is 1.50 bits per heavy atom. The van der Waals surface area contributed by atoms with Crippen LogP contribution in [0.15, 0.2) is 36.4 Å². The Kier molecular flexibility index (Phi) is 10.7. The van der Waals surface area contributed by atoms with Crippen molar-refractivity contribution in [3.63, 3.8) is 0 Å². The Morgan fingerprint density at radius 1 is 0.700 bits per heavy atom. The summed E-state index contributed by atoms with van der Waals surface area (Å²) in [4.78, 5) is 49.2. The number of hydrogen-bond donors (Lipinski definition) is 0. The van der Waals surface area contributed by atoms with Gasteiger partial charge in [-0.3, -0.25) is 19.2 Å². The van der Waals surface area contributed by atoms with Gasteiger partial charge in [0.1, 0.15) is 0 Å². The molecular weight excluding hydrogens is 577 g/mol. The molecule has 0 bridgehead atoms. The molecule has 9 nitrogen and oxygen atoms in total. The number of rotatable bonds is 12. The Morgan fingerprint density at radius 2 is 1.10 bits per heavy atom. The summed E-state index contributed by atoms with van der Waals surface area (Å²) in [5, 5.41) is -1.51. The number of hydrogen-bond acceptors (Lipinski definition) is 11. The summed E-state index contributed by atoms with van der Waals surface area (Å²) in [5.74, 6) is 2.58. The van der Waals surface area contributed by atoms with Crippen LogP contribution in [0.1, 0.15) is 37.8 Å². The van der Waals surface area contributed by atoms with Crippen LogP contribution >= 0.6 is 23.5 Å².